The van der Waals surface area contributed by atoms with Gasteiger partial charge >= 0.3 is 0 Å². The molecule has 1 fully saturated rings. The number of amides is 1. The first-order valence-corrected chi connectivity index (χ1v) is 10.6. The highest BCUT2D eigenvalue weighted by Gasteiger charge is 2.24. The first-order chi connectivity index (χ1) is 14.1. The van der Waals surface area contributed by atoms with Gasteiger partial charge < -0.3 is 5.32 Å². The number of anilines is 1. The summed E-state index contributed by atoms with van der Waals surface area (Å²) >= 11 is 1.46. The molecule has 0 bridgehead atoms. The summed E-state index contributed by atoms with van der Waals surface area (Å²) < 4.78 is 13.0. The normalized spacial score (nSPS) is 16.8. The SMILES string of the molecule is O=C(CN1CCC(Cc2ccncc2)C1)Nc1ncc(Cc2ccc(F)cc2)s1. The molecule has 1 amide bonds. The molecule has 1 aliphatic rings. The van der Waals surface area contributed by atoms with Crippen molar-refractivity contribution in [2.75, 3.05) is 25.0 Å². The third-order valence-electron chi connectivity index (χ3n) is 5.10. The van der Waals surface area contributed by atoms with Gasteiger partial charge in [0.15, 0.2) is 5.13 Å². The van der Waals surface area contributed by atoms with Crippen LogP contribution in [0.5, 0.6) is 0 Å². The lowest BCUT2D eigenvalue weighted by molar-refractivity contribution is -0.117. The van der Waals surface area contributed by atoms with Crippen LogP contribution in [0.25, 0.3) is 0 Å². The summed E-state index contributed by atoms with van der Waals surface area (Å²) in [6.45, 7) is 2.26. The number of rotatable bonds is 7. The van der Waals surface area contributed by atoms with Crippen LogP contribution in [0.2, 0.25) is 0 Å². The minimum atomic E-state index is -0.240. The maximum absolute atomic E-state index is 13.0. The van der Waals surface area contributed by atoms with Crippen molar-refractivity contribution in [1.29, 1.82) is 0 Å². The fraction of sp³-hybridized carbons (Fsp3) is 0.318. The number of likely N-dealkylation sites (tertiary alicyclic amines) is 1. The van der Waals surface area contributed by atoms with Crippen LogP contribution < -0.4 is 5.32 Å². The molecule has 1 N–H and O–H groups in total. The minimum Gasteiger partial charge on any atom is -0.301 e. The summed E-state index contributed by atoms with van der Waals surface area (Å²) in [4.78, 5) is 24.0. The van der Waals surface area contributed by atoms with Gasteiger partial charge in [0.2, 0.25) is 5.91 Å². The highest BCUT2D eigenvalue weighted by atomic mass is 32.1. The summed E-state index contributed by atoms with van der Waals surface area (Å²) in [5.74, 6) is 0.306. The lowest BCUT2D eigenvalue weighted by Crippen LogP contribution is -2.31. The van der Waals surface area contributed by atoms with Crippen LogP contribution in [-0.4, -0.2) is 40.4 Å². The Morgan fingerprint density at radius 2 is 1.97 bits per heavy atom. The van der Waals surface area contributed by atoms with Crippen LogP contribution in [-0.2, 0) is 17.6 Å². The van der Waals surface area contributed by atoms with Crippen LogP contribution in [0.1, 0.15) is 22.4 Å². The Morgan fingerprint density at radius 1 is 1.17 bits per heavy atom. The molecule has 3 heterocycles. The zero-order chi connectivity index (χ0) is 20.1. The molecule has 5 nitrogen and oxygen atoms in total. The molecule has 7 heteroatoms. The van der Waals surface area contributed by atoms with Crippen LogP contribution in [0.4, 0.5) is 9.52 Å². The summed E-state index contributed by atoms with van der Waals surface area (Å²) in [5.41, 5.74) is 2.32. The molecule has 1 aliphatic heterocycles. The molecule has 1 unspecified atom stereocenters. The van der Waals surface area contributed by atoms with Crippen LogP contribution in [0, 0.1) is 11.7 Å². The monoisotopic (exact) mass is 410 g/mol. The maximum atomic E-state index is 13.0. The van der Waals surface area contributed by atoms with Crippen molar-refractivity contribution in [3.8, 4) is 0 Å². The Kier molecular flexibility index (Phi) is 6.27. The van der Waals surface area contributed by atoms with E-state index < -0.39 is 0 Å². The van der Waals surface area contributed by atoms with Crippen molar-refractivity contribution in [2.24, 2.45) is 5.92 Å². The predicted octanol–water partition coefficient (Wildman–Crippen LogP) is 3.77. The van der Waals surface area contributed by atoms with E-state index in [1.807, 2.05) is 12.4 Å². The number of benzene rings is 1. The molecule has 29 heavy (non-hydrogen) atoms. The zero-order valence-corrected chi connectivity index (χ0v) is 16.9. The van der Waals surface area contributed by atoms with Gasteiger partial charge in [-0.15, -0.1) is 11.3 Å². The molecule has 1 saturated heterocycles. The number of carbonyl (C=O) groups is 1. The molecule has 0 saturated carbocycles. The van der Waals surface area contributed by atoms with E-state index in [1.54, 1.807) is 18.3 Å². The number of halogens is 1. The number of hydrogen-bond acceptors (Lipinski definition) is 5. The van der Waals surface area contributed by atoms with Gasteiger partial charge in [-0.1, -0.05) is 12.1 Å². The van der Waals surface area contributed by atoms with E-state index in [2.05, 4.69) is 32.3 Å². The van der Waals surface area contributed by atoms with E-state index in [-0.39, 0.29) is 11.7 Å². The standard InChI is InChI=1S/C22H23FN4OS/c23-19-3-1-16(2-4-19)12-20-13-25-22(29-20)26-21(28)15-27-10-7-18(14-27)11-17-5-8-24-9-6-17/h1-6,8-9,13,18H,7,10-12,14-15H2,(H,25,26,28). The summed E-state index contributed by atoms with van der Waals surface area (Å²) in [7, 11) is 0. The van der Waals surface area contributed by atoms with Gasteiger partial charge in [-0.05, 0) is 60.7 Å². The van der Waals surface area contributed by atoms with Crippen molar-refractivity contribution in [3.05, 3.63) is 76.8 Å². The maximum Gasteiger partial charge on any atom is 0.240 e. The molecule has 0 aliphatic carbocycles. The summed E-state index contributed by atoms with van der Waals surface area (Å²) in [5, 5.41) is 3.52. The topological polar surface area (TPSA) is 58.1 Å². The van der Waals surface area contributed by atoms with Gasteiger partial charge in [0, 0.05) is 36.4 Å². The smallest absolute Gasteiger partial charge is 0.240 e. The summed E-state index contributed by atoms with van der Waals surface area (Å²) in [6.07, 6.45) is 8.23. The van der Waals surface area contributed by atoms with Gasteiger partial charge in [0.25, 0.3) is 0 Å². The number of aromatic nitrogens is 2. The number of nitrogens with one attached hydrogen (secondary N) is 1. The van der Waals surface area contributed by atoms with E-state index in [0.29, 0.717) is 24.0 Å². The van der Waals surface area contributed by atoms with Crippen molar-refractivity contribution < 1.29 is 9.18 Å². The Labute approximate surface area is 173 Å². The molecule has 4 rings (SSSR count). The number of hydrogen-bond donors (Lipinski definition) is 1. The van der Waals surface area contributed by atoms with Gasteiger partial charge in [0.05, 0.1) is 6.54 Å². The van der Waals surface area contributed by atoms with Crippen molar-refractivity contribution in [3.63, 3.8) is 0 Å². The average Bonchev–Trinajstić information content (AvgIpc) is 3.34. The van der Waals surface area contributed by atoms with E-state index in [0.717, 1.165) is 36.4 Å². The molecule has 0 spiro atoms. The second kappa shape index (κ2) is 9.24. The second-order valence-electron chi connectivity index (χ2n) is 7.43. The zero-order valence-electron chi connectivity index (χ0n) is 16.1. The van der Waals surface area contributed by atoms with Crippen LogP contribution >= 0.6 is 11.3 Å². The van der Waals surface area contributed by atoms with E-state index in [4.69, 9.17) is 0 Å². The Morgan fingerprint density at radius 3 is 2.76 bits per heavy atom. The van der Waals surface area contributed by atoms with Crippen molar-refractivity contribution in [2.45, 2.75) is 19.3 Å². The predicted molar refractivity (Wildman–Crippen MR) is 112 cm³/mol. The molecule has 150 valence electrons. The third kappa shape index (κ3) is 5.68. The minimum absolute atomic E-state index is 0.0303. The van der Waals surface area contributed by atoms with Gasteiger partial charge in [-0.25, -0.2) is 9.37 Å². The fourth-order valence-corrected chi connectivity index (χ4v) is 4.55. The van der Waals surface area contributed by atoms with E-state index >= 15 is 0 Å². The fourth-order valence-electron chi connectivity index (χ4n) is 3.69. The molecule has 2 aromatic heterocycles. The highest BCUT2D eigenvalue weighted by Crippen LogP contribution is 2.23. The largest absolute Gasteiger partial charge is 0.301 e. The molecule has 0 radical (unpaired) electrons. The third-order valence-corrected chi connectivity index (χ3v) is 6.02. The average molecular weight is 411 g/mol. The number of nitrogens with zero attached hydrogens (tertiary/aromatic N) is 3. The van der Waals surface area contributed by atoms with Crippen molar-refractivity contribution >= 4 is 22.4 Å². The molecule has 3 aromatic rings. The lowest BCUT2D eigenvalue weighted by Gasteiger charge is -2.15. The Bertz CT molecular complexity index is 945. The van der Waals surface area contributed by atoms with E-state index in [9.17, 15) is 9.18 Å². The molecule has 1 aromatic carbocycles. The first kappa shape index (κ1) is 19.7. The van der Waals surface area contributed by atoms with E-state index in [1.165, 1.54) is 29.0 Å². The number of thiazole rings is 1. The van der Waals surface area contributed by atoms with Crippen LogP contribution in [0.3, 0.4) is 0 Å². The molecular formula is C22H23FN4OS. The summed E-state index contributed by atoms with van der Waals surface area (Å²) in [6, 6.07) is 10.6. The Balaban J connectivity index is 1.24. The highest BCUT2D eigenvalue weighted by molar-refractivity contribution is 7.15. The van der Waals surface area contributed by atoms with Crippen molar-refractivity contribution in [1.82, 2.24) is 14.9 Å². The van der Waals surface area contributed by atoms with Gasteiger partial charge in [0.1, 0.15) is 5.82 Å². The quantitative estimate of drug-likeness (QED) is 0.644. The van der Waals surface area contributed by atoms with Gasteiger partial charge in [-0.2, -0.15) is 0 Å². The Hall–Kier alpha value is -2.64. The van der Waals surface area contributed by atoms with Gasteiger partial charge in [-0.3, -0.25) is 14.7 Å². The molecule has 1 atom stereocenters. The van der Waals surface area contributed by atoms with Crippen LogP contribution in [0.15, 0.2) is 55.0 Å². The number of carbonyl (C=O) groups excluding carboxylic acids is 1. The first-order valence-electron chi connectivity index (χ1n) is 9.74. The second-order valence-corrected chi connectivity index (χ2v) is 8.55. The molecular weight excluding hydrogens is 387 g/mol. The number of pyridine rings is 1. The lowest BCUT2D eigenvalue weighted by atomic mass is 10.00.